The number of hydrogen-bond acceptors (Lipinski definition) is 25. The molecule has 6 aromatic carbocycles. The molecule has 13 rings (SSSR count). The first-order valence-corrected chi connectivity index (χ1v) is 47.2. The van der Waals surface area contributed by atoms with E-state index in [1.54, 1.807) is 93.6 Å². The van der Waals surface area contributed by atoms with Crippen LogP contribution in [0.15, 0.2) is 207 Å². The third-order valence-corrected chi connectivity index (χ3v) is 31.4. The van der Waals surface area contributed by atoms with Crippen molar-refractivity contribution in [3.05, 3.63) is 214 Å². The van der Waals surface area contributed by atoms with Gasteiger partial charge in [0.2, 0.25) is 0 Å². The SMILES string of the molecule is C=C(C)C(=O)OCc1ccc(COCC(=O)OC2CCOC2=O)[te]1.C=C(C)C(=O)Oc1ccc([Te]c2ccc(OC(=O)C34CCC(CC3=O)C4)cc2)cc1.C=C(C)C(=O)Oc1ccc([Te]c2ccc(OS(=O)(=O)CC34CCC(CC3=O)C4)cc2)cc1.C=CC(=O)Oc1ccc([Te]c2ccc(OCC(=O)OC3CCOC3=O)cc2)cc1. The summed E-state index contributed by atoms with van der Waals surface area (Å²) in [4.78, 5) is 129. The Hall–Kier alpha value is -9.00. The summed E-state index contributed by atoms with van der Waals surface area (Å²) in [7, 11) is -3.85. The molecular weight excluding hydrogens is 1960 g/mol. The zero-order valence-electron chi connectivity index (χ0n) is 63.0. The summed E-state index contributed by atoms with van der Waals surface area (Å²) in [5.74, 6) is -1.06. The Balaban J connectivity index is 0.000000163. The Morgan fingerprint density at radius 3 is 1.30 bits per heavy atom. The first-order chi connectivity index (χ1) is 55.0. The van der Waals surface area contributed by atoms with Crippen LogP contribution in [0.5, 0.6) is 34.5 Å². The van der Waals surface area contributed by atoms with Crippen molar-refractivity contribution in [2.45, 2.75) is 110 Å². The molecule has 2 aliphatic heterocycles. The van der Waals surface area contributed by atoms with Crippen molar-refractivity contribution in [2.75, 3.05) is 32.2 Å². The van der Waals surface area contributed by atoms with E-state index in [9.17, 15) is 61.2 Å². The fourth-order valence-corrected chi connectivity index (χ4v) is 23.6. The van der Waals surface area contributed by atoms with Crippen LogP contribution in [0.3, 0.4) is 0 Å². The van der Waals surface area contributed by atoms with Crippen molar-refractivity contribution >= 4 is 180 Å². The summed E-state index contributed by atoms with van der Waals surface area (Å²) in [5, 5.41) is 0. The van der Waals surface area contributed by atoms with Crippen LogP contribution in [0.25, 0.3) is 0 Å². The van der Waals surface area contributed by atoms with Crippen molar-refractivity contribution in [1.82, 2.24) is 0 Å². The fraction of sp³-hybridized carbons (Fsp3) is 0.306. The van der Waals surface area contributed by atoms with Gasteiger partial charge in [0.05, 0.1) is 0 Å². The number of fused-ring (bicyclic) bond motifs is 4. The van der Waals surface area contributed by atoms with Crippen LogP contribution in [0, 0.1) is 22.7 Å². The van der Waals surface area contributed by atoms with E-state index < -0.39 is 170 Å². The zero-order chi connectivity index (χ0) is 82.4. The summed E-state index contributed by atoms with van der Waals surface area (Å²) in [6.45, 7) is 19.5. The van der Waals surface area contributed by atoms with Crippen LogP contribution >= 0.6 is 0 Å². The summed E-state index contributed by atoms with van der Waals surface area (Å²) < 4.78 is 95.9. The van der Waals surface area contributed by atoms with Crippen LogP contribution in [-0.4, -0.2) is 201 Å². The molecule has 602 valence electrons. The average molecular weight is 2050 g/mol. The predicted molar refractivity (Wildman–Crippen MR) is 423 cm³/mol. The van der Waals surface area contributed by atoms with Crippen LogP contribution in [0.2, 0.25) is 0 Å². The molecule has 1 aromatic heterocycles. The van der Waals surface area contributed by atoms with Crippen molar-refractivity contribution < 1.29 is 117 Å². The van der Waals surface area contributed by atoms with Gasteiger partial charge in [0, 0.05) is 0 Å². The molecule has 4 bridgehead atoms. The summed E-state index contributed by atoms with van der Waals surface area (Å²) >= 11 is -2.57. The molecule has 6 unspecified atom stereocenters. The maximum absolute atomic E-state index is 12.7. The van der Waals surface area contributed by atoms with Crippen molar-refractivity contribution in [3.63, 3.8) is 0 Å². The number of Topliss-reactive ketones (excluding diaryl/α,β-unsaturated/α-hetero) is 2. The zero-order valence-corrected chi connectivity index (χ0v) is 73.1. The summed E-state index contributed by atoms with van der Waals surface area (Å²) in [6, 6.07) is 48.1. The van der Waals surface area contributed by atoms with Crippen LogP contribution in [-0.2, 0) is 104 Å². The van der Waals surface area contributed by atoms with E-state index in [1.807, 2.05) is 84.9 Å². The fourth-order valence-electron chi connectivity index (χ4n) is 12.6. The molecule has 25 nitrogen and oxygen atoms in total. The molecular formula is C85H82O25STe4. The van der Waals surface area contributed by atoms with E-state index in [4.69, 9.17) is 56.3 Å². The number of ketones is 2. The van der Waals surface area contributed by atoms with Gasteiger partial charge in [-0.3, -0.25) is 0 Å². The van der Waals surface area contributed by atoms with Crippen LogP contribution < -0.4 is 49.5 Å². The molecule has 6 fully saturated rings. The average Bonchev–Trinajstić information content (AvgIpc) is 1.60. The Labute approximate surface area is 705 Å². The van der Waals surface area contributed by atoms with Gasteiger partial charge in [-0.1, -0.05) is 0 Å². The van der Waals surface area contributed by atoms with Crippen molar-refractivity contribution in [2.24, 2.45) is 22.7 Å². The molecule has 4 saturated carbocycles. The van der Waals surface area contributed by atoms with Gasteiger partial charge in [0.15, 0.2) is 0 Å². The van der Waals surface area contributed by atoms with E-state index in [1.165, 1.54) is 14.4 Å². The summed E-state index contributed by atoms with van der Waals surface area (Å²) in [5.41, 5.74) is -0.559. The van der Waals surface area contributed by atoms with Gasteiger partial charge in [-0.05, 0) is 0 Å². The molecule has 7 aromatic rings. The quantitative estimate of drug-likeness (QED) is 0.00921. The number of carbonyl (C=O) groups is 11. The molecule has 0 N–H and O–H groups in total. The normalized spacial score (nSPS) is 19.2. The van der Waals surface area contributed by atoms with E-state index >= 15 is 0 Å². The molecule has 0 radical (unpaired) electrons. The number of esters is 9. The molecule has 2 saturated heterocycles. The van der Waals surface area contributed by atoms with Crippen molar-refractivity contribution in [3.8, 4) is 34.5 Å². The van der Waals surface area contributed by atoms with Gasteiger partial charge < -0.3 is 0 Å². The molecule has 115 heavy (non-hydrogen) atoms. The Bertz CT molecular complexity index is 4910. The van der Waals surface area contributed by atoms with E-state index in [2.05, 4.69) is 26.3 Å². The number of rotatable bonds is 30. The number of ether oxygens (including phenoxy) is 11. The second-order valence-corrected chi connectivity index (χ2v) is 42.5. The number of benzene rings is 6. The Morgan fingerprint density at radius 1 is 0.487 bits per heavy atom. The molecule has 6 atom stereocenters. The number of hydrogen-bond donors (Lipinski definition) is 0. The number of cyclic esters (lactones) is 2. The maximum atomic E-state index is 12.7. The first kappa shape index (κ1) is 88.4. The summed E-state index contributed by atoms with van der Waals surface area (Å²) in [6.07, 6.45) is 5.73. The monoisotopic (exact) mass is 2050 g/mol. The van der Waals surface area contributed by atoms with Gasteiger partial charge in [-0.25, -0.2) is 0 Å². The molecule has 6 aliphatic rings. The van der Waals surface area contributed by atoms with Gasteiger partial charge >= 0.3 is 711 Å². The van der Waals surface area contributed by atoms with E-state index in [0.717, 1.165) is 33.3 Å². The minimum absolute atomic E-state index is 0.0460. The molecule has 3 heterocycles. The molecule has 0 spiro atoms. The third kappa shape index (κ3) is 26.5. The van der Waals surface area contributed by atoms with Crippen LogP contribution in [0.4, 0.5) is 0 Å². The topological polar surface area (TPSA) is 333 Å². The van der Waals surface area contributed by atoms with Gasteiger partial charge in [0.25, 0.3) is 0 Å². The third-order valence-electron chi connectivity index (χ3n) is 18.4. The molecule has 4 aliphatic carbocycles. The van der Waals surface area contributed by atoms with E-state index in [-0.39, 0.29) is 56.1 Å². The van der Waals surface area contributed by atoms with Gasteiger partial charge in [-0.15, -0.1) is 0 Å². The number of carbonyl (C=O) groups excluding carboxylic acids is 11. The standard InChI is InChI=1S/C24H24O6STe.C24H22O5Te.C21H18O7Te.C16H18O7Te/c1-16(2)23(26)29-18-3-7-20(8-4-18)32-21-9-5-19(6-10-21)30-31(27,28)15-24-12-11-17(14-24)13-22(24)25;1-15(2)22(26)28-17-3-7-19(8-4-17)30-20-9-5-18(6-10-20)29-23(27)24-12-11-16(14-24)13-21(24)25;1-2-19(22)27-15-5-9-17(10-6-15)29-16-7-3-14(4-8-16)26-13-20(23)28-18-11-12-25-21(18)24;1-10(2)15(18)22-8-12-4-3-11(24-12)7-20-9-14(17)23-13-5-6-21-16(13)19/h3-10,17H,1,11-15H2,2H3;3-10,16H,1,11-14H2,2H3;2-10,18H,1,11-13H2;3-4,13H,1,5-9H2,2H3. The molecule has 0 amide bonds. The second kappa shape index (κ2) is 41.7. The van der Waals surface area contributed by atoms with E-state index in [0.29, 0.717) is 115 Å². The minimum atomic E-state index is -3.85. The van der Waals surface area contributed by atoms with Gasteiger partial charge in [-0.2, -0.15) is 0 Å². The van der Waals surface area contributed by atoms with Gasteiger partial charge in [0.1, 0.15) is 0 Å². The molecule has 30 heteroatoms. The Kier molecular flexibility index (Phi) is 32.1. The predicted octanol–water partition coefficient (Wildman–Crippen LogP) is 6.19. The first-order valence-electron chi connectivity index (χ1n) is 36.3. The van der Waals surface area contributed by atoms with Crippen LogP contribution in [0.1, 0.15) is 92.1 Å². The van der Waals surface area contributed by atoms with Crippen molar-refractivity contribution in [1.29, 1.82) is 0 Å². The Morgan fingerprint density at radius 2 is 0.896 bits per heavy atom. The second-order valence-electron chi connectivity index (χ2n) is 27.5.